The number of allylic oxidation sites excluding steroid dienone is 1. The highest BCUT2D eigenvalue weighted by atomic mass is 79.9. The minimum atomic E-state index is 0.815. The van der Waals surface area contributed by atoms with Crippen molar-refractivity contribution in [3.63, 3.8) is 0 Å². The lowest BCUT2D eigenvalue weighted by atomic mass is 10.1. The van der Waals surface area contributed by atoms with Crippen LogP contribution in [0.25, 0.3) is 0 Å². The second-order valence-corrected chi connectivity index (χ2v) is 4.56. The molecule has 0 unspecified atom stereocenters. The van der Waals surface area contributed by atoms with E-state index in [9.17, 15) is 0 Å². The molecule has 0 nitrogen and oxygen atoms in total. The van der Waals surface area contributed by atoms with Gasteiger partial charge in [-0.1, -0.05) is 46.2 Å². The summed E-state index contributed by atoms with van der Waals surface area (Å²) in [5.74, 6) is 0. The van der Waals surface area contributed by atoms with E-state index in [1.54, 1.807) is 0 Å². The first kappa shape index (κ1) is 10.8. The molecule has 0 heterocycles. The third kappa shape index (κ3) is 4.49. The van der Waals surface area contributed by atoms with Crippen LogP contribution in [0.3, 0.4) is 0 Å². The van der Waals surface area contributed by atoms with Crippen LogP contribution in [0, 0.1) is 0 Å². The summed E-state index contributed by atoms with van der Waals surface area (Å²) in [7, 11) is 0. The first-order valence-corrected chi connectivity index (χ1v) is 5.43. The lowest BCUT2D eigenvalue weighted by Crippen LogP contribution is -1.84. The molecule has 0 bridgehead atoms. The Balaban J connectivity index is 2.41. The van der Waals surface area contributed by atoms with Crippen LogP contribution in [0.2, 0.25) is 5.02 Å². The summed E-state index contributed by atoms with van der Waals surface area (Å²) in [4.78, 5) is 0. The quantitative estimate of drug-likeness (QED) is 0.743. The molecule has 0 aliphatic heterocycles. The van der Waals surface area contributed by atoms with E-state index in [0.717, 1.165) is 28.8 Å². The lowest BCUT2D eigenvalue weighted by Gasteiger charge is -2.00. The highest BCUT2D eigenvalue weighted by Gasteiger charge is 1.95. The number of hydrogen-bond acceptors (Lipinski definition) is 0. The Morgan fingerprint density at radius 3 is 2.85 bits per heavy atom. The van der Waals surface area contributed by atoms with Gasteiger partial charge in [0, 0.05) is 5.02 Å². The molecule has 1 rings (SSSR count). The molecule has 0 aliphatic carbocycles. The van der Waals surface area contributed by atoms with Gasteiger partial charge >= 0.3 is 0 Å². The number of halogens is 2. The summed E-state index contributed by atoms with van der Waals surface area (Å²) < 4.78 is 1.06. The van der Waals surface area contributed by atoms with Gasteiger partial charge in [-0.2, -0.15) is 0 Å². The van der Waals surface area contributed by atoms with Crippen molar-refractivity contribution in [2.24, 2.45) is 0 Å². The van der Waals surface area contributed by atoms with Gasteiger partial charge in [-0.15, -0.1) is 0 Å². The number of rotatable bonds is 4. The average Bonchev–Trinajstić information content (AvgIpc) is 2.03. The molecule has 0 amide bonds. The molecule has 0 radical (unpaired) electrons. The summed E-state index contributed by atoms with van der Waals surface area (Å²) in [5, 5.41) is 0.815. The molecule has 0 saturated carbocycles. The summed E-state index contributed by atoms with van der Waals surface area (Å²) in [6, 6.07) is 8.00. The molecule has 1 aromatic rings. The van der Waals surface area contributed by atoms with Crippen LogP contribution in [0.15, 0.2) is 35.3 Å². The second-order valence-electron chi connectivity index (χ2n) is 3.00. The molecular weight excluding hydrogens is 247 g/mol. The summed E-state index contributed by atoms with van der Waals surface area (Å²) in [6.45, 7) is 3.79. The SMILES string of the molecule is C=C(Br)CCCc1cccc(Cl)c1. The van der Waals surface area contributed by atoms with Crippen LogP contribution in [-0.4, -0.2) is 0 Å². The summed E-state index contributed by atoms with van der Waals surface area (Å²) >= 11 is 9.20. The van der Waals surface area contributed by atoms with Crippen molar-refractivity contribution in [3.05, 3.63) is 45.9 Å². The van der Waals surface area contributed by atoms with Gasteiger partial charge in [-0.25, -0.2) is 0 Å². The van der Waals surface area contributed by atoms with Gasteiger partial charge in [0.05, 0.1) is 0 Å². The van der Waals surface area contributed by atoms with E-state index < -0.39 is 0 Å². The molecule has 0 aromatic heterocycles. The fraction of sp³-hybridized carbons (Fsp3) is 0.273. The van der Waals surface area contributed by atoms with Crippen molar-refractivity contribution in [2.45, 2.75) is 19.3 Å². The Morgan fingerprint density at radius 2 is 2.23 bits per heavy atom. The van der Waals surface area contributed by atoms with Gasteiger partial charge in [0.15, 0.2) is 0 Å². The predicted molar refractivity (Wildman–Crippen MR) is 62.5 cm³/mol. The van der Waals surface area contributed by atoms with Crippen molar-refractivity contribution >= 4 is 27.5 Å². The van der Waals surface area contributed by atoms with E-state index in [1.165, 1.54) is 5.56 Å². The summed E-state index contributed by atoms with van der Waals surface area (Å²) in [6.07, 6.45) is 3.20. The van der Waals surface area contributed by atoms with Crippen LogP contribution in [0.4, 0.5) is 0 Å². The monoisotopic (exact) mass is 258 g/mol. The molecule has 0 spiro atoms. The maximum Gasteiger partial charge on any atom is 0.0408 e. The summed E-state index contributed by atoms with van der Waals surface area (Å²) in [5.41, 5.74) is 1.29. The molecule has 0 aliphatic rings. The molecule has 0 fully saturated rings. The number of hydrogen-bond donors (Lipinski definition) is 0. The topological polar surface area (TPSA) is 0 Å². The zero-order valence-corrected chi connectivity index (χ0v) is 9.74. The van der Waals surface area contributed by atoms with Crippen LogP contribution < -0.4 is 0 Å². The largest absolute Gasteiger partial charge is 0.0889 e. The molecule has 0 saturated heterocycles. The predicted octanol–water partition coefficient (Wildman–Crippen LogP) is 4.57. The van der Waals surface area contributed by atoms with Crippen LogP contribution in [0.1, 0.15) is 18.4 Å². The zero-order chi connectivity index (χ0) is 9.68. The fourth-order valence-electron chi connectivity index (χ4n) is 1.18. The second kappa shape index (κ2) is 5.46. The van der Waals surface area contributed by atoms with Gasteiger partial charge in [0.2, 0.25) is 0 Å². The Kier molecular flexibility index (Phi) is 4.54. The van der Waals surface area contributed by atoms with E-state index in [1.807, 2.05) is 18.2 Å². The van der Waals surface area contributed by atoms with E-state index in [2.05, 4.69) is 28.6 Å². The highest BCUT2D eigenvalue weighted by Crippen LogP contribution is 2.15. The van der Waals surface area contributed by atoms with Crippen LogP contribution in [-0.2, 0) is 6.42 Å². The lowest BCUT2D eigenvalue weighted by molar-refractivity contribution is 0.839. The van der Waals surface area contributed by atoms with E-state index in [4.69, 9.17) is 11.6 Å². The Bertz CT molecular complexity index is 294. The Labute approximate surface area is 92.7 Å². The smallest absolute Gasteiger partial charge is 0.0408 e. The molecular formula is C11H12BrCl. The van der Waals surface area contributed by atoms with Gasteiger partial charge in [0.25, 0.3) is 0 Å². The minimum Gasteiger partial charge on any atom is -0.0889 e. The van der Waals surface area contributed by atoms with Crippen molar-refractivity contribution in [3.8, 4) is 0 Å². The van der Waals surface area contributed by atoms with Crippen LogP contribution in [0.5, 0.6) is 0 Å². The highest BCUT2D eigenvalue weighted by molar-refractivity contribution is 9.11. The Hall–Kier alpha value is -0.270. The fourth-order valence-corrected chi connectivity index (χ4v) is 1.67. The third-order valence-corrected chi connectivity index (χ3v) is 2.43. The average molecular weight is 260 g/mol. The Morgan fingerprint density at radius 1 is 1.46 bits per heavy atom. The molecule has 2 heteroatoms. The molecule has 70 valence electrons. The van der Waals surface area contributed by atoms with Crippen molar-refractivity contribution in [2.75, 3.05) is 0 Å². The third-order valence-electron chi connectivity index (χ3n) is 1.80. The zero-order valence-electron chi connectivity index (χ0n) is 7.39. The first-order valence-electron chi connectivity index (χ1n) is 4.26. The maximum absolute atomic E-state index is 5.86. The maximum atomic E-state index is 5.86. The van der Waals surface area contributed by atoms with Crippen molar-refractivity contribution < 1.29 is 0 Å². The van der Waals surface area contributed by atoms with Gasteiger partial charge < -0.3 is 0 Å². The van der Waals surface area contributed by atoms with E-state index in [0.29, 0.717) is 0 Å². The number of aryl methyl sites for hydroxylation is 1. The standard InChI is InChI=1S/C11H12BrCl/c1-9(12)4-2-5-10-6-3-7-11(13)8-10/h3,6-8H,1-2,4-5H2. The van der Waals surface area contributed by atoms with Gasteiger partial charge in [-0.05, 0) is 41.4 Å². The van der Waals surface area contributed by atoms with Gasteiger partial charge in [0.1, 0.15) is 0 Å². The van der Waals surface area contributed by atoms with Crippen molar-refractivity contribution in [1.29, 1.82) is 0 Å². The first-order chi connectivity index (χ1) is 6.18. The molecule has 0 atom stereocenters. The minimum absolute atomic E-state index is 0.815. The van der Waals surface area contributed by atoms with Crippen molar-refractivity contribution in [1.82, 2.24) is 0 Å². The molecule has 0 N–H and O–H groups in total. The number of benzene rings is 1. The van der Waals surface area contributed by atoms with Gasteiger partial charge in [-0.3, -0.25) is 0 Å². The normalized spacial score (nSPS) is 10.0. The van der Waals surface area contributed by atoms with E-state index in [-0.39, 0.29) is 0 Å². The van der Waals surface area contributed by atoms with E-state index >= 15 is 0 Å². The molecule has 1 aromatic carbocycles. The molecule has 13 heavy (non-hydrogen) atoms. The van der Waals surface area contributed by atoms with Crippen LogP contribution >= 0.6 is 27.5 Å².